The van der Waals surface area contributed by atoms with Gasteiger partial charge in [0.15, 0.2) is 0 Å². The van der Waals surface area contributed by atoms with Crippen LogP contribution in [0.5, 0.6) is 5.75 Å². The fourth-order valence-electron chi connectivity index (χ4n) is 2.51. The van der Waals surface area contributed by atoms with Crippen LogP contribution >= 0.6 is 0 Å². The maximum Gasteiger partial charge on any atom is 0.244 e. The van der Waals surface area contributed by atoms with Crippen molar-refractivity contribution in [3.05, 3.63) is 71.9 Å². The van der Waals surface area contributed by atoms with Crippen LogP contribution in [-0.4, -0.2) is 25.5 Å². The summed E-state index contributed by atoms with van der Waals surface area (Å²) in [6, 6.07) is 12.5. The van der Waals surface area contributed by atoms with Gasteiger partial charge in [0.05, 0.1) is 25.0 Å². The van der Waals surface area contributed by atoms with Gasteiger partial charge in [-0.25, -0.2) is 27.5 Å². The molecule has 3 aromatic rings. The van der Waals surface area contributed by atoms with Gasteiger partial charge in [0.25, 0.3) is 0 Å². The number of sulfonamides is 1. The van der Waals surface area contributed by atoms with E-state index in [4.69, 9.17) is 4.74 Å². The Labute approximate surface area is 157 Å². The number of aromatic nitrogens is 2. The summed E-state index contributed by atoms with van der Waals surface area (Å²) in [6.45, 7) is 1.79. The Morgan fingerprint density at radius 3 is 2.52 bits per heavy atom. The summed E-state index contributed by atoms with van der Waals surface area (Å²) in [5.74, 6) is -0.0734. The molecule has 0 spiro atoms. The lowest BCUT2D eigenvalue weighted by Crippen LogP contribution is -2.24. The van der Waals surface area contributed by atoms with Crippen molar-refractivity contribution < 1.29 is 17.5 Å². The molecule has 8 heteroatoms. The summed E-state index contributed by atoms with van der Waals surface area (Å²) in [5, 5.41) is 0. The summed E-state index contributed by atoms with van der Waals surface area (Å²) >= 11 is 0. The van der Waals surface area contributed by atoms with Crippen molar-refractivity contribution in [3.8, 4) is 17.0 Å². The van der Waals surface area contributed by atoms with Crippen LogP contribution in [0.1, 0.15) is 11.3 Å². The normalized spacial score (nSPS) is 11.4. The Kier molecular flexibility index (Phi) is 5.48. The third kappa shape index (κ3) is 4.47. The van der Waals surface area contributed by atoms with E-state index in [9.17, 15) is 12.8 Å². The smallest absolute Gasteiger partial charge is 0.244 e. The number of nitrogens with one attached hydrogen (secondary N) is 1. The van der Waals surface area contributed by atoms with Gasteiger partial charge in [-0.15, -0.1) is 0 Å². The van der Waals surface area contributed by atoms with Crippen LogP contribution in [0.15, 0.2) is 59.8 Å². The van der Waals surface area contributed by atoms with E-state index in [1.54, 1.807) is 43.3 Å². The zero-order chi connectivity index (χ0) is 19.4. The molecule has 140 valence electrons. The molecule has 2 aromatic carbocycles. The van der Waals surface area contributed by atoms with Crippen molar-refractivity contribution in [3.63, 3.8) is 0 Å². The van der Waals surface area contributed by atoms with Gasteiger partial charge >= 0.3 is 0 Å². The minimum atomic E-state index is -3.79. The molecule has 0 bridgehead atoms. The third-order valence-electron chi connectivity index (χ3n) is 3.92. The van der Waals surface area contributed by atoms with Crippen molar-refractivity contribution in [2.75, 3.05) is 7.11 Å². The second-order valence-electron chi connectivity index (χ2n) is 5.88. The summed E-state index contributed by atoms with van der Waals surface area (Å²) in [5.41, 5.74) is 2.58. The average Bonchev–Trinajstić information content (AvgIpc) is 2.67. The molecule has 0 aliphatic heterocycles. The van der Waals surface area contributed by atoms with Crippen molar-refractivity contribution in [2.24, 2.45) is 0 Å². The van der Waals surface area contributed by atoms with Crippen LogP contribution < -0.4 is 9.46 Å². The molecule has 6 nitrogen and oxygen atoms in total. The van der Waals surface area contributed by atoms with Gasteiger partial charge in [0, 0.05) is 5.56 Å². The van der Waals surface area contributed by atoms with Crippen LogP contribution in [0.2, 0.25) is 0 Å². The average molecular weight is 387 g/mol. The number of methoxy groups -OCH3 is 1. The Hall–Kier alpha value is -2.84. The SMILES string of the molecule is COc1ccc(C)cc1S(=O)(=O)NCc1cc(-c2ccc(F)cc2)ncn1. The highest BCUT2D eigenvalue weighted by Crippen LogP contribution is 2.25. The van der Waals surface area contributed by atoms with Gasteiger partial charge in [0.2, 0.25) is 10.0 Å². The monoisotopic (exact) mass is 387 g/mol. The first-order chi connectivity index (χ1) is 12.9. The predicted octanol–water partition coefficient (Wildman–Crippen LogP) is 3.08. The maximum absolute atomic E-state index is 13.1. The molecule has 0 fully saturated rings. The van der Waals surface area contributed by atoms with Crippen LogP contribution in [-0.2, 0) is 16.6 Å². The second-order valence-corrected chi connectivity index (χ2v) is 7.62. The lowest BCUT2D eigenvalue weighted by molar-refractivity contribution is 0.402. The Balaban J connectivity index is 1.81. The topological polar surface area (TPSA) is 81.2 Å². The van der Waals surface area contributed by atoms with Gasteiger partial charge < -0.3 is 4.74 Å². The largest absolute Gasteiger partial charge is 0.495 e. The van der Waals surface area contributed by atoms with Crippen molar-refractivity contribution in [1.29, 1.82) is 0 Å². The van der Waals surface area contributed by atoms with Crippen molar-refractivity contribution in [1.82, 2.24) is 14.7 Å². The van der Waals surface area contributed by atoms with Gasteiger partial charge in [0.1, 0.15) is 22.8 Å². The van der Waals surface area contributed by atoms with E-state index in [2.05, 4.69) is 14.7 Å². The van der Waals surface area contributed by atoms with E-state index in [1.165, 1.54) is 25.6 Å². The molecule has 0 unspecified atom stereocenters. The Morgan fingerprint density at radius 2 is 1.81 bits per heavy atom. The first-order valence-electron chi connectivity index (χ1n) is 8.10. The molecule has 1 heterocycles. The lowest BCUT2D eigenvalue weighted by atomic mass is 10.1. The van der Waals surface area contributed by atoms with Crippen LogP contribution in [0.25, 0.3) is 11.3 Å². The quantitative estimate of drug-likeness (QED) is 0.703. The summed E-state index contributed by atoms with van der Waals surface area (Å²) in [4.78, 5) is 8.31. The third-order valence-corrected chi connectivity index (χ3v) is 5.34. The van der Waals surface area contributed by atoms with Crippen LogP contribution in [0, 0.1) is 12.7 Å². The lowest BCUT2D eigenvalue weighted by Gasteiger charge is -2.11. The standard InChI is InChI=1S/C19H18FN3O3S/c1-13-3-8-18(26-2)19(9-13)27(24,25)23-11-16-10-17(22-12-21-16)14-4-6-15(20)7-5-14/h3-10,12,23H,11H2,1-2H3. The maximum atomic E-state index is 13.1. The number of aryl methyl sites for hydroxylation is 1. The molecule has 0 radical (unpaired) electrons. The minimum absolute atomic E-state index is 0.0177. The van der Waals surface area contributed by atoms with E-state index < -0.39 is 10.0 Å². The number of hydrogen-bond donors (Lipinski definition) is 1. The summed E-state index contributed by atoms with van der Waals surface area (Å²) in [7, 11) is -2.37. The molecule has 0 saturated heterocycles. The number of rotatable bonds is 6. The molecular formula is C19H18FN3O3S. The van der Waals surface area contributed by atoms with E-state index in [0.29, 0.717) is 17.0 Å². The molecule has 0 amide bonds. The Bertz CT molecular complexity index is 1050. The molecule has 1 N–H and O–H groups in total. The fourth-order valence-corrected chi connectivity index (χ4v) is 3.76. The Morgan fingerprint density at radius 1 is 1.07 bits per heavy atom. The first-order valence-corrected chi connectivity index (χ1v) is 9.58. The molecule has 0 atom stereocenters. The number of halogens is 1. The van der Waals surface area contributed by atoms with Crippen molar-refractivity contribution >= 4 is 10.0 Å². The molecule has 0 aliphatic carbocycles. The predicted molar refractivity (Wildman–Crippen MR) is 99.2 cm³/mol. The zero-order valence-electron chi connectivity index (χ0n) is 14.8. The number of hydrogen-bond acceptors (Lipinski definition) is 5. The van der Waals surface area contributed by atoms with E-state index in [0.717, 1.165) is 5.56 Å². The van der Waals surface area contributed by atoms with Gasteiger partial charge in [-0.05, 0) is 55.0 Å². The van der Waals surface area contributed by atoms with Crippen molar-refractivity contribution in [2.45, 2.75) is 18.4 Å². The molecule has 0 saturated carbocycles. The zero-order valence-corrected chi connectivity index (χ0v) is 15.6. The fraction of sp³-hybridized carbons (Fsp3) is 0.158. The highest BCUT2D eigenvalue weighted by Gasteiger charge is 2.19. The number of nitrogens with zero attached hydrogens (tertiary/aromatic N) is 2. The van der Waals surface area contributed by atoms with E-state index in [-0.39, 0.29) is 23.0 Å². The number of benzene rings is 2. The molecule has 0 aliphatic rings. The van der Waals surface area contributed by atoms with Gasteiger partial charge in [-0.3, -0.25) is 0 Å². The highest BCUT2D eigenvalue weighted by molar-refractivity contribution is 7.89. The molecule has 1 aromatic heterocycles. The van der Waals surface area contributed by atoms with E-state index in [1.807, 2.05) is 0 Å². The number of ether oxygens (including phenoxy) is 1. The molecular weight excluding hydrogens is 369 g/mol. The minimum Gasteiger partial charge on any atom is -0.495 e. The van der Waals surface area contributed by atoms with Crippen LogP contribution in [0.4, 0.5) is 4.39 Å². The van der Waals surface area contributed by atoms with E-state index >= 15 is 0 Å². The second kappa shape index (κ2) is 7.81. The summed E-state index contributed by atoms with van der Waals surface area (Å²) < 4.78 is 46.0. The van der Waals surface area contributed by atoms with Gasteiger partial charge in [-0.1, -0.05) is 6.07 Å². The van der Waals surface area contributed by atoms with Crippen LogP contribution in [0.3, 0.4) is 0 Å². The molecule has 3 rings (SSSR count). The highest BCUT2D eigenvalue weighted by atomic mass is 32.2. The molecule has 27 heavy (non-hydrogen) atoms. The summed E-state index contributed by atoms with van der Waals surface area (Å²) in [6.07, 6.45) is 1.34. The first kappa shape index (κ1) is 18.9. The van der Waals surface area contributed by atoms with Gasteiger partial charge in [-0.2, -0.15) is 0 Å².